The van der Waals surface area contributed by atoms with Gasteiger partial charge in [0.05, 0.1) is 0 Å². The molecule has 0 N–H and O–H groups in total. The van der Waals surface area contributed by atoms with Gasteiger partial charge in [0.25, 0.3) is 0 Å². The van der Waals surface area contributed by atoms with Crippen molar-refractivity contribution in [3.8, 4) is 5.75 Å². The first-order chi connectivity index (χ1) is 17.2. The van der Waals surface area contributed by atoms with Crippen molar-refractivity contribution in [1.29, 1.82) is 0 Å². The van der Waals surface area contributed by atoms with Crippen molar-refractivity contribution in [2.24, 2.45) is 0 Å². The van der Waals surface area contributed by atoms with Crippen LogP contribution in [0.3, 0.4) is 0 Å². The highest BCUT2D eigenvalue weighted by molar-refractivity contribution is 5.93. The number of rotatable bonds is 2. The highest BCUT2D eigenvalue weighted by Crippen LogP contribution is 2.46. The Morgan fingerprint density at radius 1 is 0.543 bits per heavy atom. The number of hydrogen-bond acceptors (Lipinski definition) is 1. The largest absolute Gasteiger partial charge is 0.472 e. The summed E-state index contributed by atoms with van der Waals surface area (Å²) >= 11 is 0. The lowest BCUT2D eigenvalue weighted by molar-refractivity contribution is 0.164. The van der Waals surface area contributed by atoms with Crippen LogP contribution in [0.25, 0.3) is 38.4 Å². The molecule has 0 atom stereocenters. The van der Waals surface area contributed by atoms with E-state index in [4.69, 9.17) is 4.74 Å². The topological polar surface area (TPSA) is 9.23 Å². The van der Waals surface area contributed by atoms with Crippen LogP contribution in [0.15, 0.2) is 121 Å². The molecule has 0 amide bonds. The molecule has 0 spiro atoms. The first-order valence-electron chi connectivity index (χ1n) is 12.1. The molecule has 1 aliphatic rings. The minimum Gasteiger partial charge on any atom is -0.472 e. The molecule has 0 aromatic heterocycles. The quantitative estimate of drug-likeness (QED) is 0.257. The van der Waals surface area contributed by atoms with Crippen LogP contribution in [0.4, 0.5) is 0 Å². The van der Waals surface area contributed by atoms with Gasteiger partial charge in [0, 0.05) is 22.1 Å². The Bertz CT molecular complexity index is 1710. The molecule has 35 heavy (non-hydrogen) atoms. The van der Waals surface area contributed by atoms with Gasteiger partial charge in [-0.05, 0) is 52.1 Å². The molecule has 0 fully saturated rings. The van der Waals surface area contributed by atoms with Crippen molar-refractivity contribution < 1.29 is 4.74 Å². The summed E-state index contributed by atoms with van der Waals surface area (Å²) in [4.78, 5) is 0. The van der Waals surface area contributed by atoms with Gasteiger partial charge in [0.2, 0.25) is 0 Å². The maximum absolute atomic E-state index is 7.16. The number of benzene rings is 6. The van der Waals surface area contributed by atoms with E-state index in [9.17, 15) is 0 Å². The molecule has 0 saturated carbocycles. The molecule has 0 bridgehead atoms. The number of fused-ring (bicyclic) bond motifs is 5. The fourth-order valence-corrected chi connectivity index (χ4v) is 5.40. The van der Waals surface area contributed by atoms with E-state index < -0.39 is 5.60 Å². The van der Waals surface area contributed by atoms with E-state index in [2.05, 4.69) is 134 Å². The van der Waals surface area contributed by atoms with Crippen molar-refractivity contribution in [2.45, 2.75) is 12.5 Å². The van der Waals surface area contributed by atoms with Crippen molar-refractivity contribution in [3.05, 3.63) is 144 Å². The second-order valence-electron chi connectivity index (χ2n) is 9.50. The van der Waals surface area contributed by atoms with E-state index in [1.807, 2.05) is 0 Å². The van der Waals surface area contributed by atoms with Gasteiger partial charge in [-0.25, -0.2) is 0 Å². The number of ether oxygens (including phenoxy) is 1. The average Bonchev–Trinajstić information content (AvgIpc) is 2.92. The van der Waals surface area contributed by atoms with Gasteiger partial charge in [-0.3, -0.25) is 0 Å². The SMILES string of the molecule is Cc1ccc2c3c(ccc2c1)C=CC(c1ccc2ccccc2c1)(c1ccc2ccccc2c1)O3. The summed E-state index contributed by atoms with van der Waals surface area (Å²) in [6.07, 6.45) is 4.45. The second kappa shape index (κ2) is 7.58. The predicted octanol–water partition coefficient (Wildman–Crippen LogP) is 8.80. The van der Waals surface area contributed by atoms with Gasteiger partial charge >= 0.3 is 0 Å². The summed E-state index contributed by atoms with van der Waals surface area (Å²) in [6, 6.07) is 41.3. The maximum atomic E-state index is 7.16. The molecule has 0 aliphatic carbocycles. The van der Waals surface area contributed by atoms with Crippen LogP contribution in [-0.4, -0.2) is 0 Å². The van der Waals surface area contributed by atoms with Crippen LogP contribution in [0.5, 0.6) is 5.75 Å². The Hall–Kier alpha value is -4.36. The van der Waals surface area contributed by atoms with Gasteiger partial charge in [-0.2, -0.15) is 0 Å². The smallest absolute Gasteiger partial charge is 0.178 e. The standard InChI is InChI=1S/C34H24O/c1-23-10-17-32-29(20-23)12-11-26-18-19-34(35-33(26)32,30-15-13-24-6-2-4-8-27(24)21-30)31-16-14-25-7-3-5-9-28(25)22-31/h2-22H,1H3. The van der Waals surface area contributed by atoms with Crippen LogP contribution in [0.1, 0.15) is 22.3 Å². The maximum Gasteiger partial charge on any atom is 0.178 e. The van der Waals surface area contributed by atoms with Crippen LogP contribution in [-0.2, 0) is 5.60 Å². The molecular formula is C34H24O. The van der Waals surface area contributed by atoms with Gasteiger partial charge in [0.15, 0.2) is 5.60 Å². The third kappa shape index (κ3) is 3.16. The summed E-state index contributed by atoms with van der Waals surface area (Å²) in [5.41, 5.74) is 3.87. The van der Waals surface area contributed by atoms with E-state index >= 15 is 0 Å². The minimum atomic E-state index is -0.736. The third-order valence-electron chi connectivity index (χ3n) is 7.27. The molecule has 1 nitrogen and oxygen atoms in total. The van der Waals surface area contributed by atoms with Crippen molar-refractivity contribution in [2.75, 3.05) is 0 Å². The first-order valence-corrected chi connectivity index (χ1v) is 12.1. The molecule has 1 aliphatic heterocycles. The van der Waals surface area contributed by atoms with E-state index in [0.29, 0.717) is 0 Å². The summed E-state index contributed by atoms with van der Waals surface area (Å²) in [7, 11) is 0. The highest BCUT2D eigenvalue weighted by Gasteiger charge is 2.38. The van der Waals surface area contributed by atoms with Crippen molar-refractivity contribution >= 4 is 38.4 Å². The van der Waals surface area contributed by atoms with Crippen LogP contribution < -0.4 is 4.74 Å². The molecule has 7 rings (SSSR count). The van der Waals surface area contributed by atoms with Gasteiger partial charge in [0.1, 0.15) is 5.75 Å². The van der Waals surface area contributed by atoms with Gasteiger partial charge in [-0.15, -0.1) is 0 Å². The Labute approximate surface area is 204 Å². The lowest BCUT2D eigenvalue weighted by atomic mass is 9.82. The Morgan fingerprint density at radius 2 is 1.14 bits per heavy atom. The summed E-state index contributed by atoms with van der Waals surface area (Å²) < 4.78 is 7.16. The summed E-state index contributed by atoms with van der Waals surface area (Å²) in [5.74, 6) is 0.936. The van der Waals surface area contributed by atoms with E-state index in [1.54, 1.807) is 0 Å². The van der Waals surface area contributed by atoms with Crippen LogP contribution >= 0.6 is 0 Å². The number of hydrogen-bond donors (Lipinski definition) is 0. The Kier molecular flexibility index (Phi) is 4.34. The lowest BCUT2D eigenvalue weighted by Gasteiger charge is -2.37. The van der Waals surface area contributed by atoms with E-state index in [0.717, 1.165) is 27.8 Å². The molecule has 0 radical (unpaired) electrons. The third-order valence-corrected chi connectivity index (χ3v) is 7.27. The Morgan fingerprint density at radius 3 is 1.80 bits per heavy atom. The molecule has 6 aromatic carbocycles. The fraction of sp³-hybridized carbons (Fsp3) is 0.0588. The summed E-state index contributed by atoms with van der Waals surface area (Å²) in [6.45, 7) is 2.13. The van der Waals surface area contributed by atoms with E-state index in [-0.39, 0.29) is 0 Å². The highest BCUT2D eigenvalue weighted by atomic mass is 16.5. The Balaban J connectivity index is 1.51. The van der Waals surface area contributed by atoms with Crippen LogP contribution in [0.2, 0.25) is 0 Å². The fourth-order valence-electron chi connectivity index (χ4n) is 5.40. The van der Waals surface area contributed by atoms with Gasteiger partial charge in [-0.1, -0.05) is 115 Å². The molecule has 0 unspecified atom stereocenters. The minimum absolute atomic E-state index is 0.736. The van der Waals surface area contributed by atoms with E-state index in [1.165, 1.54) is 32.5 Å². The van der Waals surface area contributed by atoms with Crippen molar-refractivity contribution in [3.63, 3.8) is 0 Å². The normalized spacial score (nSPS) is 14.2. The van der Waals surface area contributed by atoms with Crippen molar-refractivity contribution in [1.82, 2.24) is 0 Å². The molecular weight excluding hydrogens is 424 g/mol. The molecule has 1 heteroatoms. The predicted molar refractivity (Wildman–Crippen MR) is 147 cm³/mol. The first kappa shape index (κ1) is 20.1. The monoisotopic (exact) mass is 448 g/mol. The lowest BCUT2D eigenvalue weighted by Crippen LogP contribution is -2.34. The molecule has 166 valence electrons. The molecule has 0 saturated heterocycles. The second-order valence-corrected chi connectivity index (χ2v) is 9.50. The number of aryl methyl sites for hydroxylation is 1. The van der Waals surface area contributed by atoms with Gasteiger partial charge < -0.3 is 4.74 Å². The summed E-state index contributed by atoms with van der Waals surface area (Å²) in [5, 5.41) is 7.22. The zero-order valence-corrected chi connectivity index (χ0v) is 19.5. The molecule has 6 aromatic rings. The average molecular weight is 449 g/mol. The van der Waals surface area contributed by atoms with Crippen LogP contribution in [0, 0.1) is 6.92 Å². The zero-order valence-electron chi connectivity index (χ0n) is 19.5. The molecule has 1 heterocycles. The zero-order chi connectivity index (χ0) is 23.4.